The summed E-state index contributed by atoms with van der Waals surface area (Å²) >= 11 is 0. The number of hydrogen-bond acceptors (Lipinski definition) is 5. The van der Waals surface area contributed by atoms with Gasteiger partial charge < -0.3 is 8.95 Å². The molecule has 2 atom stereocenters. The number of carbonyl (C=O) groups is 1. The van der Waals surface area contributed by atoms with Gasteiger partial charge in [0.15, 0.2) is 6.10 Å². The summed E-state index contributed by atoms with van der Waals surface area (Å²) in [5, 5.41) is 0. The summed E-state index contributed by atoms with van der Waals surface area (Å²) in [5.74, 6) is -0.492. The van der Waals surface area contributed by atoms with E-state index < -0.39 is 28.0 Å². The Labute approximate surface area is 91.8 Å². The highest BCUT2D eigenvalue weighted by atomic mass is 31.2. The van der Waals surface area contributed by atoms with Crippen LogP contribution in [0.3, 0.4) is 0 Å². The molecule has 0 amide bonds. The van der Waals surface area contributed by atoms with Gasteiger partial charge in [-0.1, -0.05) is 0 Å². The Morgan fingerprint density at radius 1 is 1.33 bits per heavy atom. The lowest BCUT2D eigenvalue weighted by atomic mass is 10.4. The van der Waals surface area contributed by atoms with Crippen LogP contribution in [0.4, 0.5) is 0 Å². The van der Waals surface area contributed by atoms with Crippen LogP contribution in [0.1, 0.15) is 6.92 Å². The molecule has 15 heavy (non-hydrogen) atoms. The first kappa shape index (κ1) is 14.8. The van der Waals surface area contributed by atoms with E-state index in [2.05, 4.69) is 4.52 Å². The molecule has 0 rings (SSSR count). The molecule has 0 bridgehead atoms. The van der Waals surface area contributed by atoms with Gasteiger partial charge in [0.1, 0.15) is 0 Å². The molecule has 0 aliphatic heterocycles. The van der Waals surface area contributed by atoms with Crippen molar-refractivity contribution in [2.45, 2.75) is 32.7 Å². The van der Waals surface area contributed by atoms with Crippen LogP contribution >= 0.6 is 7.60 Å². The van der Waals surface area contributed by atoms with Crippen molar-refractivity contribution in [2.24, 2.45) is 0 Å². The summed E-state index contributed by atoms with van der Waals surface area (Å²) in [5.41, 5.74) is 0. The van der Waals surface area contributed by atoms with Gasteiger partial charge in [0.05, 0.1) is 0 Å². The van der Waals surface area contributed by atoms with Crippen LogP contribution in [0.25, 0.3) is 0 Å². The minimum atomic E-state index is -3.13. The molecular formula is C8H19O5PSi. The van der Waals surface area contributed by atoms with Crippen molar-refractivity contribution >= 4 is 21.9 Å². The third-order valence-electron chi connectivity index (χ3n) is 1.42. The Morgan fingerprint density at radius 3 is 2.13 bits per heavy atom. The van der Waals surface area contributed by atoms with Crippen molar-refractivity contribution < 1.29 is 22.8 Å². The highest BCUT2D eigenvalue weighted by molar-refractivity contribution is 7.53. The zero-order valence-corrected chi connectivity index (χ0v) is 12.0. The van der Waals surface area contributed by atoms with Crippen molar-refractivity contribution in [3.05, 3.63) is 0 Å². The molecule has 0 aromatic carbocycles. The molecule has 0 aliphatic carbocycles. The smallest absolute Gasteiger partial charge is 0.328 e. The van der Waals surface area contributed by atoms with Crippen LogP contribution in [0, 0.1) is 0 Å². The van der Waals surface area contributed by atoms with Gasteiger partial charge in [-0.25, -0.2) is 0 Å². The van der Waals surface area contributed by atoms with Gasteiger partial charge in [-0.2, -0.15) is 0 Å². The van der Waals surface area contributed by atoms with Crippen molar-refractivity contribution in [3.8, 4) is 0 Å². The fourth-order valence-electron chi connectivity index (χ4n) is 0.758. The minimum Gasteiger partial charge on any atom is -0.518 e. The summed E-state index contributed by atoms with van der Waals surface area (Å²) in [4.78, 5) is 11.5. The van der Waals surface area contributed by atoms with Gasteiger partial charge in [-0.15, -0.1) is 0 Å². The van der Waals surface area contributed by atoms with Crippen LogP contribution in [-0.4, -0.2) is 34.2 Å². The second kappa shape index (κ2) is 5.25. The summed E-state index contributed by atoms with van der Waals surface area (Å²) in [6, 6.07) is 0. The largest absolute Gasteiger partial charge is 0.518 e. The fourth-order valence-corrected chi connectivity index (χ4v) is 2.27. The topological polar surface area (TPSA) is 61.8 Å². The molecule has 0 heterocycles. The maximum atomic E-state index is 11.5. The highest BCUT2D eigenvalue weighted by Crippen LogP contribution is 2.44. The average molecular weight is 254 g/mol. The predicted octanol–water partition coefficient (Wildman–Crippen LogP) is 2.24. The van der Waals surface area contributed by atoms with E-state index in [1.165, 1.54) is 20.7 Å². The number of carbonyl (C=O) groups excluding carboxylic acids is 1. The second-order valence-corrected chi connectivity index (χ2v) is 10.8. The van der Waals surface area contributed by atoms with E-state index in [4.69, 9.17) is 8.95 Å². The molecule has 5 nitrogen and oxygen atoms in total. The van der Waals surface area contributed by atoms with Crippen molar-refractivity contribution in [1.29, 1.82) is 0 Å². The van der Waals surface area contributed by atoms with Gasteiger partial charge in [0.2, 0.25) is 8.32 Å². The molecule has 0 fully saturated rings. The molecule has 7 heteroatoms. The van der Waals surface area contributed by atoms with Crippen molar-refractivity contribution in [3.63, 3.8) is 0 Å². The summed E-state index contributed by atoms with van der Waals surface area (Å²) in [6.45, 7) is 8.47. The van der Waals surface area contributed by atoms with E-state index in [0.717, 1.165) is 0 Å². The Hall–Kier alpha value is -0.163. The molecule has 0 spiro atoms. The first-order valence-electron chi connectivity index (χ1n) is 4.62. The van der Waals surface area contributed by atoms with Crippen LogP contribution in [-0.2, 0) is 22.8 Å². The van der Waals surface area contributed by atoms with E-state index in [9.17, 15) is 9.36 Å². The maximum absolute atomic E-state index is 11.5. The van der Waals surface area contributed by atoms with E-state index in [0.29, 0.717) is 0 Å². The molecular weight excluding hydrogens is 235 g/mol. The Balaban J connectivity index is 4.29. The summed E-state index contributed by atoms with van der Waals surface area (Å²) < 4.78 is 26.2. The lowest BCUT2D eigenvalue weighted by molar-refractivity contribution is -0.142. The summed E-state index contributed by atoms with van der Waals surface area (Å²) in [7, 11) is -3.79. The quantitative estimate of drug-likeness (QED) is 0.556. The third kappa shape index (κ3) is 6.84. The van der Waals surface area contributed by atoms with Crippen LogP contribution < -0.4 is 0 Å². The SMILES string of the molecule is COP(C)(=O)OC(C)C(=O)O[Si](C)(C)C. The van der Waals surface area contributed by atoms with Crippen molar-refractivity contribution in [1.82, 2.24) is 0 Å². The van der Waals surface area contributed by atoms with Crippen LogP contribution in [0.15, 0.2) is 0 Å². The maximum Gasteiger partial charge on any atom is 0.328 e. The molecule has 0 saturated heterocycles. The van der Waals surface area contributed by atoms with Crippen molar-refractivity contribution in [2.75, 3.05) is 13.8 Å². The molecule has 90 valence electrons. The molecule has 2 unspecified atom stereocenters. The number of hydrogen-bond donors (Lipinski definition) is 0. The third-order valence-corrected chi connectivity index (χ3v) is 3.60. The Bertz CT molecular complexity index is 273. The first-order chi connectivity index (χ1) is 6.57. The van der Waals surface area contributed by atoms with Gasteiger partial charge in [-0.05, 0) is 26.6 Å². The van der Waals surface area contributed by atoms with E-state index in [1.807, 2.05) is 19.6 Å². The second-order valence-electron chi connectivity index (χ2n) is 4.24. The van der Waals surface area contributed by atoms with E-state index in [1.54, 1.807) is 0 Å². The summed E-state index contributed by atoms with van der Waals surface area (Å²) in [6.07, 6.45) is -0.868. The molecule has 0 aliphatic rings. The normalized spacial score (nSPS) is 18.0. The molecule has 0 saturated carbocycles. The Kier molecular flexibility index (Phi) is 5.19. The fraction of sp³-hybridized carbons (Fsp3) is 0.875. The average Bonchev–Trinajstić information content (AvgIpc) is 2.00. The monoisotopic (exact) mass is 254 g/mol. The Morgan fingerprint density at radius 2 is 1.80 bits per heavy atom. The molecule has 0 aromatic rings. The zero-order chi connectivity index (χ0) is 12.3. The standard InChI is InChI=1S/C8H19O5PSi/c1-7(12-14(3,10)11-2)8(9)13-15(4,5)6/h7H,1-6H3. The lowest BCUT2D eigenvalue weighted by Crippen LogP contribution is -2.34. The molecule has 0 aromatic heterocycles. The van der Waals surface area contributed by atoms with Gasteiger partial charge in [0.25, 0.3) is 0 Å². The van der Waals surface area contributed by atoms with Crippen LogP contribution in [0.5, 0.6) is 0 Å². The van der Waals surface area contributed by atoms with Gasteiger partial charge in [0, 0.05) is 13.8 Å². The lowest BCUT2D eigenvalue weighted by Gasteiger charge is -2.22. The number of rotatable bonds is 5. The molecule has 0 radical (unpaired) electrons. The predicted molar refractivity (Wildman–Crippen MR) is 60.5 cm³/mol. The van der Waals surface area contributed by atoms with Crippen LogP contribution in [0.2, 0.25) is 19.6 Å². The minimum absolute atomic E-state index is 0.492. The highest BCUT2D eigenvalue weighted by Gasteiger charge is 2.28. The van der Waals surface area contributed by atoms with Gasteiger partial charge >= 0.3 is 13.6 Å². The van der Waals surface area contributed by atoms with E-state index in [-0.39, 0.29) is 0 Å². The molecule has 0 N–H and O–H groups in total. The van der Waals surface area contributed by atoms with Gasteiger partial charge in [-0.3, -0.25) is 13.9 Å². The first-order valence-corrected chi connectivity index (χ1v) is 10.0. The zero-order valence-electron chi connectivity index (χ0n) is 10.1. The van der Waals surface area contributed by atoms with E-state index >= 15 is 0 Å².